The van der Waals surface area contributed by atoms with Crippen molar-refractivity contribution in [3.05, 3.63) is 14.9 Å². The fraction of sp³-hybridized carbons (Fsp3) is 0.333. The zero-order valence-electron chi connectivity index (χ0n) is 5.36. The van der Waals surface area contributed by atoms with Crippen LogP contribution in [0.2, 0.25) is 0 Å². The second kappa shape index (κ2) is 2.47. The van der Waals surface area contributed by atoms with Crippen molar-refractivity contribution >= 4 is 39.9 Å². The minimum absolute atomic E-state index is 0.880. The highest BCUT2D eigenvalue weighted by Crippen LogP contribution is 2.21. The molecule has 1 rings (SSSR count). The molecule has 0 fully saturated rings. The number of aryl methyl sites for hydroxylation is 1. The molecule has 0 aliphatic carbocycles. The van der Waals surface area contributed by atoms with Crippen LogP contribution in [0.15, 0.2) is 4.47 Å². The molecular weight excluding hydrogens is 195 g/mol. The Balaban J connectivity index is 3.29. The van der Waals surface area contributed by atoms with E-state index in [9.17, 15) is 0 Å². The number of hydrogen-bond donors (Lipinski definition) is 0. The molecule has 0 amide bonds. The van der Waals surface area contributed by atoms with Crippen LogP contribution in [-0.4, -0.2) is 7.85 Å². The minimum Gasteiger partial charge on any atom is -0.156 e. The first-order chi connectivity index (χ1) is 4.13. The molecule has 0 N–H and O–H groups in total. The first-order valence-electron chi connectivity index (χ1n) is 2.64. The molecule has 0 spiro atoms. The number of thiophene rings is 1. The van der Waals surface area contributed by atoms with Crippen molar-refractivity contribution in [2.24, 2.45) is 0 Å². The summed E-state index contributed by atoms with van der Waals surface area (Å²) in [6.07, 6.45) is 0. The van der Waals surface area contributed by atoms with Crippen LogP contribution >= 0.6 is 27.3 Å². The van der Waals surface area contributed by atoms with Gasteiger partial charge in [-0.25, -0.2) is 0 Å². The fourth-order valence-electron chi connectivity index (χ4n) is 0.626. The molecule has 0 unspecified atom stereocenters. The highest BCUT2D eigenvalue weighted by Gasteiger charge is 2.03. The van der Waals surface area contributed by atoms with Crippen LogP contribution in [0.25, 0.3) is 0 Å². The van der Waals surface area contributed by atoms with Crippen molar-refractivity contribution in [1.29, 1.82) is 0 Å². The molecular formula is C6H6BBrS. The lowest BCUT2D eigenvalue weighted by atomic mass is 10.1. The van der Waals surface area contributed by atoms with E-state index in [0.717, 1.165) is 9.25 Å². The summed E-state index contributed by atoms with van der Waals surface area (Å²) in [5.74, 6) is 0. The average molecular weight is 201 g/mol. The zero-order valence-corrected chi connectivity index (χ0v) is 7.77. The summed E-state index contributed by atoms with van der Waals surface area (Å²) < 4.78 is 1.94. The van der Waals surface area contributed by atoms with E-state index < -0.39 is 0 Å². The lowest BCUT2D eigenvalue weighted by molar-refractivity contribution is 1.42. The maximum Gasteiger partial charge on any atom is 0.130 e. The normalized spacial score (nSPS) is 10.1. The number of rotatable bonds is 0. The summed E-state index contributed by atoms with van der Waals surface area (Å²) in [5.41, 5.74) is 1.26. The standard InChI is InChI=1S/C6H6BBrS/c1-3-4(2)9-6(7)5(3)8/h1-2H3. The van der Waals surface area contributed by atoms with Crippen LogP contribution in [-0.2, 0) is 0 Å². The molecule has 1 aromatic rings. The van der Waals surface area contributed by atoms with E-state index in [4.69, 9.17) is 7.85 Å². The molecule has 0 nitrogen and oxygen atoms in total. The Kier molecular flexibility index (Phi) is 2.02. The monoisotopic (exact) mass is 200 g/mol. The Morgan fingerprint density at radius 1 is 1.44 bits per heavy atom. The van der Waals surface area contributed by atoms with Crippen LogP contribution in [0.3, 0.4) is 0 Å². The molecule has 3 heteroatoms. The lowest BCUT2D eigenvalue weighted by Gasteiger charge is -1.87. The van der Waals surface area contributed by atoms with Crippen molar-refractivity contribution in [2.75, 3.05) is 0 Å². The molecule has 1 aromatic heterocycles. The van der Waals surface area contributed by atoms with Crippen molar-refractivity contribution in [1.82, 2.24) is 0 Å². The highest BCUT2D eigenvalue weighted by molar-refractivity contribution is 9.10. The van der Waals surface area contributed by atoms with Gasteiger partial charge in [-0.05, 0) is 24.2 Å². The molecule has 46 valence electrons. The second-order valence-corrected chi connectivity index (χ2v) is 4.01. The predicted octanol–water partition coefficient (Wildman–Crippen LogP) is 1.92. The molecule has 0 atom stereocenters. The van der Waals surface area contributed by atoms with Crippen LogP contribution in [0.5, 0.6) is 0 Å². The van der Waals surface area contributed by atoms with Gasteiger partial charge in [0.25, 0.3) is 0 Å². The van der Waals surface area contributed by atoms with E-state index in [0.29, 0.717) is 0 Å². The van der Waals surface area contributed by atoms with Crippen LogP contribution < -0.4 is 4.78 Å². The van der Waals surface area contributed by atoms with E-state index in [-0.39, 0.29) is 0 Å². The average Bonchev–Trinajstić information content (AvgIpc) is 1.98. The summed E-state index contributed by atoms with van der Waals surface area (Å²) in [5, 5.41) is 0. The first kappa shape index (κ1) is 7.35. The topological polar surface area (TPSA) is 0 Å². The third kappa shape index (κ3) is 1.22. The number of halogens is 1. The van der Waals surface area contributed by atoms with Gasteiger partial charge in [-0.3, -0.25) is 0 Å². The summed E-state index contributed by atoms with van der Waals surface area (Å²) in [4.78, 5) is 1.29. The van der Waals surface area contributed by atoms with Crippen molar-refractivity contribution in [3.63, 3.8) is 0 Å². The van der Waals surface area contributed by atoms with Crippen LogP contribution in [0, 0.1) is 13.8 Å². The molecule has 0 aliphatic rings. The van der Waals surface area contributed by atoms with E-state index >= 15 is 0 Å². The second-order valence-electron chi connectivity index (χ2n) is 1.96. The maximum absolute atomic E-state index is 5.61. The van der Waals surface area contributed by atoms with Gasteiger partial charge in [-0.15, -0.1) is 0 Å². The Bertz CT molecular complexity index is 207. The molecule has 0 aliphatic heterocycles. The highest BCUT2D eigenvalue weighted by atomic mass is 79.9. The number of hydrogen-bond acceptors (Lipinski definition) is 1. The molecule has 1 heterocycles. The summed E-state index contributed by atoms with van der Waals surface area (Å²) in [6.45, 7) is 4.13. The van der Waals surface area contributed by atoms with Gasteiger partial charge in [0.15, 0.2) is 0 Å². The minimum atomic E-state index is 0.880. The van der Waals surface area contributed by atoms with E-state index in [1.54, 1.807) is 11.3 Å². The maximum atomic E-state index is 5.61. The molecule has 0 saturated heterocycles. The van der Waals surface area contributed by atoms with E-state index in [1.165, 1.54) is 10.4 Å². The van der Waals surface area contributed by atoms with Gasteiger partial charge < -0.3 is 0 Å². The quantitative estimate of drug-likeness (QED) is 0.562. The zero-order chi connectivity index (χ0) is 7.02. The Morgan fingerprint density at radius 3 is 2.11 bits per heavy atom. The smallest absolute Gasteiger partial charge is 0.130 e. The molecule has 0 saturated carbocycles. The Labute approximate surface area is 68.8 Å². The van der Waals surface area contributed by atoms with Crippen molar-refractivity contribution < 1.29 is 0 Å². The fourth-order valence-corrected chi connectivity index (χ4v) is 2.12. The third-order valence-electron chi connectivity index (χ3n) is 1.34. The van der Waals surface area contributed by atoms with Crippen LogP contribution in [0.4, 0.5) is 0 Å². The summed E-state index contributed by atoms with van der Waals surface area (Å²) >= 11 is 5.01. The van der Waals surface area contributed by atoms with Gasteiger partial charge >= 0.3 is 0 Å². The predicted molar refractivity (Wildman–Crippen MR) is 46.9 cm³/mol. The third-order valence-corrected chi connectivity index (χ3v) is 3.66. The molecule has 0 bridgehead atoms. The van der Waals surface area contributed by atoms with Crippen molar-refractivity contribution in [2.45, 2.75) is 13.8 Å². The van der Waals surface area contributed by atoms with Gasteiger partial charge in [0, 0.05) is 9.35 Å². The SMILES string of the molecule is [B]c1sc(C)c(C)c1Br. The van der Waals surface area contributed by atoms with Crippen LogP contribution in [0.1, 0.15) is 10.4 Å². The summed E-state index contributed by atoms with van der Waals surface area (Å²) in [7, 11) is 5.61. The Morgan fingerprint density at radius 2 is 2.00 bits per heavy atom. The van der Waals surface area contributed by atoms with E-state index in [1.807, 2.05) is 0 Å². The van der Waals surface area contributed by atoms with Gasteiger partial charge in [0.2, 0.25) is 0 Å². The molecule has 9 heavy (non-hydrogen) atoms. The van der Waals surface area contributed by atoms with Gasteiger partial charge in [-0.1, -0.05) is 15.9 Å². The lowest BCUT2D eigenvalue weighted by Crippen LogP contribution is -1.94. The summed E-state index contributed by atoms with van der Waals surface area (Å²) in [6, 6.07) is 0. The van der Waals surface area contributed by atoms with Crippen molar-refractivity contribution in [3.8, 4) is 0 Å². The van der Waals surface area contributed by atoms with Gasteiger partial charge in [-0.2, -0.15) is 11.3 Å². The molecule has 0 aromatic carbocycles. The van der Waals surface area contributed by atoms with Gasteiger partial charge in [0.05, 0.1) is 0 Å². The first-order valence-corrected chi connectivity index (χ1v) is 4.25. The van der Waals surface area contributed by atoms with E-state index in [2.05, 4.69) is 29.8 Å². The largest absolute Gasteiger partial charge is 0.156 e. The Hall–Kier alpha value is 0.245. The van der Waals surface area contributed by atoms with Gasteiger partial charge in [0.1, 0.15) is 7.85 Å². The molecule has 2 radical (unpaired) electrons.